The van der Waals surface area contributed by atoms with Gasteiger partial charge in [0.15, 0.2) is 11.6 Å². The van der Waals surface area contributed by atoms with Crippen LogP contribution in [0, 0.1) is 28.9 Å². The maximum atomic E-state index is 17.1. The summed E-state index contributed by atoms with van der Waals surface area (Å²) in [5.74, 6) is -0.655. The van der Waals surface area contributed by atoms with E-state index in [0.29, 0.717) is 37.3 Å². The van der Waals surface area contributed by atoms with Crippen molar-refractivity contribution in [3.05, 3.63) is 34.4 Å². The minimum atomic E-state index is -0.935. The number of alkyl halides is 1. The zero-order valence-electron chi connectivity index (χ0n) is 25.0. The largest absolute Gasteiger partial charge is 0.491 e. The molecule has 9 nitrogen and oxygen atoms in total. The van der Waals surface area contributed by atoms with Crippen LogP contribution in [0.4, 0.5) is 24.0 Å². The van der Waals surface area contributed by atoms with Gasteiger partial charge in [0, 0.05) is 49.5 Å². The highest BCUT2D eigenvalue weighted by Crippen LogP contribution is 2.51. The van der Waals surface area contributed by atoms with Crippen LogP contribution in [0.1, 0.15) is 31.2 Å². The molecule has 0 aliphatic carbocycles. The number of anilines is 2. The molecular formula is C32H31ClF3N7O2S. The Kier molecular flexibility index (Phi) is 7.13. The maximum absolute atomic E-state index is 17.1. The summed E-state index contributed by atoms with van der Waals surface area (Å²) < 4.78 is 59.4. The van der Waals surface area contributed by atoms with Crippen molar-refractivity contribution in [2.24, 2.45) is 5.92 Å². The molecule has 4 aromatic rings. The molecule has 0 bridgehead atoms. The minimum absolute atomic E-state index is 0.0101. The zero-order chi connectivity index (χ0) is 31.9. The molecule has 2 aromatic carbocycles. The van der Waals surface area contributed by atoms with Crippen LogP contribution in [-0.4, -0.2) is 79.1 Å². The molecule has 46 heavy (non-hydrogen) atoms. The molecule has 3 fully saturated rings. The van der Waals surface area contributed by atoms with Gasteiger partial charge in [-0.1, -0.05) is 17.7 Å². The Bertz CT molecular complexity index is 1950. The second kappa shape index (κ2) is 11.0. The number of nitrogens with two attached hydrogens (primary N) is 1. The minimum Gasteiger partial charge on any atom is -0.491 e. The lowest BCUT2D eigenvalue weighted by atomic mass is 9.91. The van der Waals surface area contributed by atoms with Gasteiger partial charge in [-0.25, -0.2) is 13.2 Å². The van der Waals surface area contributed by atoms with Crippen molar-refractivity contribution < 1.29 is 22.6 Å². The summed E-state index contributed by atoms with van der Waals surface area (Å²) in [4.78, 5) is 13.5. The fraction of sp³-hybridized carbons (Fsp3) is 0.469. The van der Waals surface area contributed by atoms with Crippen LogP contribution >= 0.6 is 22.9 Å². The maximum Gasteiger partial charge on any atom is 0.319 e. The number of nitrogens with one attached hydrogen (secondary N) is 1. The topological polar surface area (TPSA) is 113 Å². The number of nitrogens with zero attached hydrogens (tertiary/aromatic N) is 5. The second-order valence-corrected chi connectivity index (χ2v) is 14.2. The molecule has 240 valence electrons. The average Bonchev–Trinajstić information content (AvgIpc) is 3.69. The SMILES string of the molecule is CN1c2nc(OC[C@@]34CCCN3C[C@H](F)C4)nc3c(F)c(-c4ccc(F)c5sc(N)c(C#N)c45)c(Cl)c(c23)OCC2CCNCC21. The molecule has 0 radical (unpaired) electrons. The highest BCUT2D eigenvalue weighted by atomic mass is 35.5. The Morgan fingerprint density at radius 1 is 1.30 bits per heavy atom. The number of rotatable bonds is 4. The lowest BCUT2D eigenvalue weighted by molar-refractivity contribution is 0.107. The molecule has 8 rings (SSSR count). The van der Waals surface area contributed by atoms with E-state index in [9.17, 15) is 14.0 Å². The number of hydrogen-bond acceptors (Lipinski definition) is 10. The first kappa shape index (κ1) is 29.8. The van der Waals surface area contributed by atoms with Crippen LogP contribution in [0.5, 0.6) is 11.8 Å². The third-order valence-corrected chi connectivity index (χ3v) is 11.6. The van der Waals surface area contributed by atoms with E-state index in [4.69, 9.17) is 31.8 Å². The predicted molar refractivity (Wildman–Crippen MR) is 172 cm³/mol. The molecule has 6 heterocycles. The number of fused-ring (bicyclic) bond motifs is 3. The third-order valence-electron chi connectivity index (χ3n) is 10.2. The van der Waals surface area contributed by atoms with Crippen molar-refractivity contribution in [3.63, 3.8) is 0 Å². The lowest BCUT2D eigenvalue weighted by Crippen LogP contribution is -2.52. The molecular weight excluding hydrogens is 639 g/mol. The van der Waals surface area contributed by atoms with E-state index >= 15 is 4.39 Å². The molecule has 3 N–H and O–H groups in total. The van der Waals surface area contributed by atoms with Crippen molar-refractivity contribution in [1.29, 1.82) is 5.26 Å². The number of hydrogen-bond donors (Lipinski definition) is 2. The summed E-state index contributed by atoms with van der Waals surface area (Å²) in [5, 5.41) is 13.9. The van der Waals surface area contributed by atoms with Crippen LogP contribution in [0.2, 0.25) is 5.02 Å². The van der Waals surface area contributed by atoms with E-state index < -0.39 is 23.3 Å². The normalized spacial score (nSPS) is 26.0. The van der Waals surface area contributed by atoms with E-state index in [1.807, 2.05) is 18.0 Å². The molecule has 4 atom stereocenters. The zero-order valence-corrected chi connectivity index (χ0v) is 26.6. The van der Waals surface area contributed by atoms with Crippen molar-refractivity contribution in [3.8, 4) is 29.0 Å². The average molecular weight is 670 g/mol. The Hall–Kier alpha value is -3.57. The van der Waals surface area contributed by atoms with Gasteiger partial charge in [0.05, 0.1) is 32.8 Å². The van der Waals surface area contributed by atoms with Gasteiger partial charge in [-0.2, -0.15) is 15.2 Å². The van der Waals surface area contributed by atoms with Crippen molar-refractivity contribution in [2.75, 3.05) is 57.1 Å². The van der Waals surface area contributed by atoms with Crippen LogP contribution in [-0.2, 0) is 0 Å². The van der Waals surface area contributed by atoms with E-state index in [2.05, 4.69) is 15.2 Å². The standard InChI is InChI=1S/C32H31ClF3N7O2S/c1-42-20-11-39-7-5-15(20)13-44-27-23-26(40-31(41-30(23)42)45-14-32-6-2-8-43(32)12-16(34)9-32)25(36)22(24(27)33)17-3-4-19(35)28-21(17)18(10-37)29(38)46-28/h3-4,15-16,20,39H,2,5-9,11-14,38H2,1H3/t15?,16-,20?,32+/m1/s1. The Balaban J connectivity index is 1.35. The quantitative estimate of drug-likeness (QED) is 0.284. The first-order valence-electron chi connectivity index (χ1n) is 15.4. The molecule has 0 saturated carbocycles. The molecule has 4 aliphatic rings. The molecule has 14 heteroatoms. The monoisotopic (exact) mass is 669 g/mol. The van der Waals surface area contributed by atoms with E-state index in [-0.39, 0.29) is 72.6 Å². The highest BCUT2D eigenvalue weighted by Gasteiger charge is 2.49. The van der Waals surface area contributed by atoms with Crippen LogP contribution in [0.25, 0.3) is 32.1 Å². The number of aromatic nitrogens is 2. The third kappa shape index (κ3) is 4.41. The number of piperidine rings is 1. The van der Waals surface area contributed by atoms with E-state index in [1.54, 1.807) is 0 Å². The molecule has 2 unspecified atom stereocenters. The molecule has 2 aromatic heterocycles. The Labute approximate surface area is 272 Å². The summed E-state index contributed by atoms with van der Waals surface area (Å²) in [6.07, 6.45) is 2.01. The summed E-state index contributed by atoms with van der Waals surface area (Å²) in [5.41, 5.74) is 5.71. The highest BCUT2D eigenvalue weighted by molar-refractivity contribution is 7.23. The molecule has 0 spiro atoms. The van der Waals surface area contributed by atoms with Crippen LogP contribution in [0.3, 0.4) is 0 Å². The number of likely N-dealkylation sites (N-methyl/N-ethyl adjacent to an activating group) is 1. The smallest absolute Gasteiger partial charge is 0.319 e. The Morgan fingerprint density at radius 3 is 2.98 bits per heavy atom. The van der Waals surface area contributed by atoms with Crippen molar-refractivity contribution >= 4 is 54.7 Å². The molecule has 3 saturated heterocycles. The van der Waals surface area contributed by atoms with Gasteiger partial charge in [-0.3, -0.25) is 4.90 Å². The molecule has 0 amide bonds. The fourth-order valence-corrected chi connectivity index (χ4v) is 9.26. The van der Waals surface area contributed by atoms with Crippen molar-refractivity contribution in [2.45, 2.75) is 43.4 Å². The number of nitrogen functional groups attached to an aromatic ring is 1. The number of thiophene rings is 1. The van der Waals surface area contributed by atoms with Gasteiger partial charge >= 0.3 is 6.01 Å². The fourth-order valence-electron chi connectivity index (χ4n) is 7.97. The van der Waals surface area contributed by atoms with Gasteiger partial charge in [0.25, 0.3) is 0 Å². The predicted octanol–water partition coefficient (Wildman–Crippen LogP) is 5.66. The second-order valence-electron chi connectivity index (χ2n) is 12.7. The van der Waals surface area contributed by atoms with Gasteiger partial charge in [0.2, 0.25) is 0 Å². The van der Waals surface area contributed by atoms with Gasteiger partial charge in [-0.05, 0) is 44.0 Å². The molecule has 4 aliphatic heterocycles. The number of ether oxygens (including phenoxy) is 2. The van der Waals surface area contributed by atoms with E-state index in [0.717, 1.165) is 43.7 Å². The van der Waals surface area contributed by atoms with Gasteiger partial charge in [-0.15, -0.1) is 11.3 Å². The summed E-state index contributed by atoms with van der Waals surface area (Å²) in [6, 6.07) is 4.59. The summed E-state index contributed by atoms with van der Waals surface area (Å²) in [6.45, 7) is 3.15. The van der Waals surface area contributed by atoms with Crippen LogP contribution < -0.4 is 25.4 Å². The van der Waals surface area contributed by atoms with Gasteiger partial charge < -0.3 is 25.4 Å². The van der Waals surface area contributed by atoms with Crippen molar-refractivity contribution in [1.82, 2.24) is 20.2 Å². The van der Waals surface area contributed by atoms with Gasteiger partial charge in [0.1, 0.15) is 41.0 Å². The van der Waals surface area contributed by atoms with E-state index in [1.165, 1.54) is 12.1 Å². The summed E-state index contributed by atoms with van der Waals surface area (Å²) >= 11 is 7.98. The lowest BCUT2D eigenvalue weighted by Gasteiger charge is -2.41. The van der Waals surface area contributed by atoms with Crippen LogP contribution in [0.15, 0.2) is 12.1 Å². The number of halogens is 4. The first-order chi connectivity index (χ1) is 22.2. The summed E-state index contributed by atoms with van der Waals surface area (Å²) in [7, 11) is 1.91. The Morgan fingerprint density at radius 2 is 2.15 bits per heavy atom. The number of nitriles is 1. The first-order valence-corrected chi connectivity index (χ1v) is 16.6. The number of benzene rings is 2.